The van der Waals surface area contributed by atoms with Crippen molar-refractivity contribution >= 4 is 34.1 Å². The number of nitrogens with one attached hydrogen (secondary N) is 3. The number of fused-ring (bicyclic) bond motifs is 1. The van der Waals surface area contributed by atoms with E-state index in [4.69, 9.17) is 14.6 Å². The maximum atomic E-state index is 12.5. The maximum absolute atomic E-state index is 12.5. The van der Waals surface area contributed by atoms with E-state index in [-0.39, 0.29) is 39.8 Å². The molecule has 3 atom stereocenters. The van der Waals surface area contributed by atoms with E-state index in [0.717, 1.165) is 0 Å². The van der Waals surface area contributed by atoms with Crippen LogP contribution in [0.5, 0.6) is 0 Å². The van der Waals surface area contributed by atoms with Crippen molar-refractivity contribution in [2.75, 3.05) is 22.9 Å². The van der Waals surface area contributed by atoms with E-state index >= 15 is 0 Å². The van der Waals surface area contributed by atoms with Crippen LogP contribution in [0, 0.1) is 0 Å². The van der Waals surface area contributed by atoms with Crippen molar-refractivity contribution in [3.05, 3.63) is 10.4 Å². The SMILES string of the molecule is C[C@H](O[Si](C)(C)C(C)(C)C)[C@H](O[Si](C)(C)C(C)(C)C)[C@H]1CNc2nc(N)[nH]c(=O)c2N1. The first kappa shape index (κ1) is 25.9. The Kier molecular flexibility index (Phi) is 7.12. The second-order valence-electron chi connectivity index (χ2n) is 11.7. The van der Waals surface area contributed by atoms with Crippen molar-refractivity contribution in [2.45, 2.75) is 103 Å². The summed E-state index contributed by atoms with van der Waals surface area (Å²) in [5.41, 5.74) is 5.81. The Labute approximate surface area is 189 Å². The fourth-order valence-electron chi connectivity index (χ4n) is 3.12. The van der Waals surface area contributed by atoms with Crippen LogP contribution in [0.15, 0.2) is 4.79 Å². The number of nitrogen functional groups attached to an aromatic ring is 1. The number of aromatic amines is 1. The first-order valence-corrected chi connectivity index (χ1v) is 16.9. The molecule has 0 unspecified atom stereocenters. The first-order chi connectivity index (χ1) is 13.9. The van der Waals surface area contributed by atoms with Crippen LogP contribution in [0.2, 0.25) is 36.3 Å². The van der Waals surface area contributed by atoms with Crippen LogP contribution in [0.1, 0.15) is 48.5 Å². The van der Waals surface area contributed by atoms with Crippen LogP contribution in [0.4, 0.5) is 17.5 Å². The van der Waals surface area contributed by atoms with Crippen LogP contribution < -0.4 is 21.9 Å². The number of nitrogens with two attached hydrogens (primary N) is 1. The lowest BCUT2D eigenvalue weighted by molar-refractivity contribution is 0.0364. The van der Waals surface area contributed by atoms with E-state index in [1.165, 1.54) is 0 Å². The average Bonchev–Trinajstić information content (AvgIpc) is 2.57. The standard InChI is InChI=1S/C21H43N5O3Si2/c1-13(28-30(8,9)20(2,3)4)16(29-31(10,11)21(5,6)7)14-12-23-17-15(24-14)18(27)26-19(22)25-17/h13-14,16,24H,12H2,1-11H3,(H4,22,23,25,26,27)/t13-,14+,16-/m0/s1. The molecule has 8 nitrogen and oxygen atoms in total. The Morgan fingerprint density at radius 2 is 1.55 bits per heavy atom. The summed E-state index contributed by atoms with van der Waals surface area (Å²) >= 11 is 0. The molecule has 0 aromatic carbocycles. The van der Waals surface area contributed by atoms with Gasteiger partial charge in [-0.2, -0.15) is 4.98 Å². The third kappa shape index (κ3) is 5.71. The Bertz CT molecular complexity index is 843. The maximum Gasteiger partial charge on any atom is 0.277 e. The normalized spacial score (nSPS) is 19.8. The fraction of sp³-hybridized carbons (Fsp3) is 0.810. The molecule has 1 aromatic rings. The molecule has 31 heavy (non-hydrogen) atoms. The monoisotopic (exact) mass is 469 g/mol. The molecule has 0 saturated heterocycles. The smallest absolute Gasteiger partial charge is 0.277 e. The highest BCUT2D eigenvalue weighted by molar-refractivity contribution is 6.74. The van der Waals surface area contributed by atoms with Gasteiger partial charge in [0.2, 0.25) is 5.95 Å². The van der Waals surface area contributed by atoms with E-state index in [9.17, 15) is 4.79 Å². The molecule has 1 aliphatic rings. The zero-order chi connectivity index (χ0) is 24.0. The number of hydrogen-bond acceptors (Lipinski definition) is 7. The summed E-state index contributed by atoms with van der Waals surface area (Å²) < 4.78 is 13.7. The molecule has 0 bridgehead atoms. The summed E-state index contributed by atoms with van der Waals surface area (Å²) in [5.74, 6) is 0.571. The summed E-state index contributed by atoms with van der Waals surface area (Å²) in [4.78, 5) is 19.3. The van der Waals surface area contributed by atoms with E-state index in [1.807, 2.05) is 0 Å². The summed E-state index contributed by atoms with van der Waals surface area (Å²) in [6, 6.07) is -0.145. The van der Waals surface area contributed by atoms with Crippen LogP contribution in [-0.2, 0) is 8.85 Å². The van der Waals surface area contributed by atoms with Crippen molar-refractivity contribution in [3.8, 4) is 0 Å². The number of rotatable bonds is 6. The van der Waals surface area contributed by atoms with Crippen molar-refractivity contribution in [2.24, 2.45) is 0 Å². The van der Waals surface area contributed by atoms with Gasteiger partial charge < -0.3 is 25.2 Å². The molecule has 0 saturated carbocycles. The van der Waals surface area contributed by atoms with Gasteiger partial charge in [-0.25, -0.2) is 0 Å². The summed E-state index contributed by atoms with van der Waals surface area (Å²) in [7, 11) is -4.12. The lowest BCUT2D eigenvalue weighted by Crippen LogP contribution is -2.58. The largest absolute Gasteiger partial charge is 0.412 e. The molecular formula is C21H43N5O3Si2. The second kappa shape index (κ2) is 8.53. The van der Waals surface area contributed by atoms with Crippen LogP contribution in [0.3, 0.4) is 0 Å². The Balaban J connectivity index is 2.39. The molecule has 10 heteroatoms. The Morgan fingerprint density at radius 1 is 1.03 bits per heavy atom. The third-order valence-corrected chi connectivity index (χ3v) is 16.2. The number of hydrogen-bond donors (Lipinski definition) is 4. The molecule has 1 aliphatic heterocycles. The summed E-state index contributed by atoms with van der Waals surface area (Å²) in [5, 5.41) is 6.79. The first-order valence-electron chi connectivity index (χ1n) is 11.1. The lowest BCUT2D eigenvalue weighted by Gasteiger charge is -2.47. The van der Waals surface area contributed by atoms with Gasteiger partial charge in [-0.15, -0.1) is 0 Å². The molecular weight excluding hydrogens is 426 g/mol. The minimum Gasteiger partial charge on any atom is -0.412 e. The van der Waals surface area contributed by atoms with E-state index in [2.05, 4.69) is 95.3 Å². The predicted octanol–water partition coefficient (Wildman–Crippen LogP) is 4.36. The third-order valence-electron chi connectivity index (χ3n) is 7.14. The van der Waals surface area contributed by atoms with Crippen LogP contribution >= 0.6 is 0 Å². The van der Waals surface area contributed by atoms with Gasteiger partial charge in [0.1, 0.15) is 5.69 Å². The average molecular weight is 470 g/mol. The van der Waals surface area contributed by atoms with Crippen molar-refractivity contribution in [1.82, 2.24) is 9.97 Å². The molecule has 5 N–H and O–H groups in total. The number of anilines is 3. The van der Waals surface area contributed by atoms with E-state index in [1.54, 1.807) is 0 Å². The molecule has 0 spiro atoms. The molecule has 0 fully saturated rings. The highest BCUT2D eigenvalue weighted by atomic mass is 28.4. The molecule has 178 valence electrons. The van der Waals surface area contributed by atoms with Crippen molar-refractivity contribution in [1.29, 1.82) is 0 Å². The van der Waals surface area contributed by atoms with Crippen LogP contribution in [0.25, 0.3) is 0 Å². The predicted molar refractivity (Wildman–Crippen MR) is 135 cm³/mol. The van der Waals surface area contributed by atoms with Gasteiger partial charge in [-0.05, 0) is 43.2 Å². The van der Waals surface area contributed by atoms with Crippen molar-refractivity contribution < 1.29 is 8.85 Å². The molecule has 0 aliphatic carbocycles. The van der Waals surface area contributed by atoms with Gasteiger partial charge in [-0.3, -0.25) is 9.78 Å². The van der Waals surface area contributed by atoms with Gasteiger partial charge in [0.25, 0.3) is 5.56 Å². The van der Waals surface area contributed by atoms with Gasteiger partial charge >= 0.3 is 0 Å². The summed E-state index contributed by atoms with van der Waals surface area (Å²) in [6.07, 6.45) is -0.371. The quantitative estimate of drug-likeness (QED) is 0.458. The van der Waals surface area contributed by atoms with Gasteiger partial charge in [0, 0.05) is 6.54 Å². The van der Waals surface area contributed by atoms with Gasteiger partial charge in [-0.1, -0.05) is 41.5 Å². The summed E-state index contributed by atoms with van der Waals surface area (Å²) in [6.45, 7) is 25.1. The Morgan fingerprint density at radius 3 is 2.06 bits per heavy atom. The number of aromatic nitrogens is 2. The topological polar surface area (TPSA) is 114 Å². The zero-order valence-corrected chi connectivity index (χ0v) is 23.2. The fourth-order valence-corrected chi connectivity index (χ4v) is 5.93. The zero-order valence-electron chi connectivity index (χ0n) is 21.2. The second-order valence-corrected chi connectivity index (χ2v) is 21.2. The van der Waals surface area contributed by atoms with Crippen LogP contribution in [-0.4, -0.2) is 51.4 Å². The number of nitrogens with zero attached hydrogens (tertiary/aromatic N) is 1. The molecule has 0 amide bonds. The van der Waals surface area contributed by atoms with Gasteiger partial charge in [0.15, 0.2) is 22.5 Å². The van der Waals surface area contributed by atoms with E-state index in [0.29, 0.717) is 18.1 Å². The Hall–Kier alpha value is -1.37. The number of H-pyrrole nitrogens is 1. The molecule has 2 rings (SSSR count). The van der Waals surface area contributed by atoms with Crippen molar-refractivity contribution in [3.63, 3.8) is 0 Å². The minimum absolute atomic E-state index is 0.0510. The molecule has 1 aromatic heterocycles. The minimum atomic E-state index is -2.10. The highest BCUT2D eigenvalue weighted by Gasteiger charge is 2.46. The molecule has 0 radical (unpaired) electrons. The molecule has 2 heterocycles. The van der Waals surface area contributed by atoms with E-state index < -0.39 is 16.6 Å². The van der Waals surface area contributed by atoms with Gasteiger partial charge in [0.05, 0.1) is 18.2 Å². The highest BCUT2D eigenvalue weighted by Crippen LogP contribution is 2.41. The lowest BCUT2D eigenvalue weighted by atomic mass is 10.0.